The van der Waals surface area contributed by atoms with Gasteiger partial charge < -0.3 is 19.9 Å². The lowest BCUT2D eigenvalue weighted by Crippen LogP contribution is -2.48. The predicted octanol–water partition coefficient (Wildman–Crippen LogP) is 1.78. The monoisotopic (exact) mass is 403 g/mol. The molecule has 0 unspecified atom stereocenters. The molecule has 0 saturated carbocycles. The molecule has 1 fully saturated rings. The van der Waals surface area contributed by atoms with Gasteiger partial charge in [-0.2, -0.15) is 5.26 Å². The van der Waals surface area contributed by atoms with E-state index in [0.717, 1.165) is 18.8 Å². The van der Waals surface area contributed by atoms with Crippen molar-refractivity contribution in [1.82, 2.24) is 14.9 Å². The van der Waals surface area contributed by atoms with E-state index in [4.69, 9.17) is 5.26 Å². The molecule has 0 bridgehead atoms. The maximum Gasteiger partial charge on any atom is 0.258 e. The standard InChI is InChI=1S/C22H21N5O3/c23-14-15-4-6-16(7-5-15)26-10-12-27(13-11-26)20(29)9-8-19-24-21-17(22(30)25-19)2-1-3-18(21)28/h1-7,28H,8-13H2,(H,24,25,30). The Kier molecular flexibility index (Phi) is 5.35. The number of piperazine rings is 1. The summed E-state index contributed by atoms with van der Waals surface area (Å²) < 4.78 is 0. The number of H-pyrrole nitrogens is 1. The number of aryl methyl sites for hydroxylation is 1. The summed E-state index contributed by atoms with van der Waals surface area (Å²) in [4.78, 5) is 35.8. The normalized spacial score (nSPS) is 14.0. The van der Waals surface area contributed by atoms with E-state index in [1.807, 2.05) is 17.0 Å². The number of carbonyl (C=O) groups excluding carboxylic acids is 1. The van der Waals surface area contributed by atoms with Crippen LogP contribution in [0.1, 0.15) is 17.8 Å². The predicted molar refractivity (Wildman–Crippen MR) is 112 cm³/mol. The van der Waals surface area contributed by atoms with Crippen molar-refractivity contribution in [2.24, 2.45) is 0 Å². The number of rotatable bonds is 4. The number of benzene rings is 2. The third-order valence-electron chi connectivity index (χ3n) is 5.33. The molecule has 8 nitrogen and oxygen atoms in total. The zero-order valence-electron chi connectivity index (χ0n) is 16.3. The number of phenolic OH excluding ortho intramolecular Hbond substituents is 1. The number of carbonyl (C=O) groups is 1. The van der Waals surface area contributed by atoms with Gasteiger partial charge in [0.15, 0.2) is 0 Å². The molecule has 2 heterocycles. The Labute approximate surface area is 173 Å². The number of amides is 1. The summed E-state index contributed by atoms with van der Waals surface area (Å²) in [6, 6.07) is 14.2. The molecule has 1 aromatic heterocycles. The first-order valence-corrected chi connectivity index (χ1v) is 9.79. The number of hydrogen-bond acceptors (Lipinski definition) is 6. The SMILES string of the molecule is N#Cc1ccc(N2CCN(C(=O)CCc3nc4c(O)cccc4c(=O)[nH]3)CC2)cc1. The van der Waals surface area contributed by atoms with Crippen LogP contribution >= 0.6 is 0 Å². The molecule has 152 valence electrons. The van der Waals surface area contributed by atoms with Gasteiger partial charge in [0.1, 0.15) is 17.1 Å². The number of nitriles is 1. The number of fused-ring (bicyclic) bond motifs is 1. The first kappa shape index (κ1) is 19.5. The molecule has 8 heteroatoms. The summed E-state index contributed by atoms with van der Waals surface area (Å²) in [5.41, 5.74) is 1.59. The number of aromatic nitrogens is 2. The van der Waals surface area contributed by atoms with Gasteiger partial charge in [-0.3, -0.25) is 9.59 Å². The second-order valence-corrected chi connectivity index (χ2v) is 7.21. The molecule has 3 aromatic rings. The minimum Gasteiger partial charge on any atom is -0.506 e. The Bertz CT molecular complexity index is 1170. The van der Waals surface area contributed by atoms with Crippen LogP contribution in [0, 0.1) is 11.3 Å². The molecule has 1 amide bonds. The van der Waals surface area contributed by atoms with Crippen LogP contribution in [0.15, 0.2) is 47.3 Å². The molecule has 1 aliphatic rings. The van der Waals surface area contributed by atoms with E-state index in [2.05, 4.69) is 20.9 Å². The Morgan fingerprint density at radius 2 is 1.87 bits per heavy atom. The van der Waals surface area contributed by atoms with E-state index in [-0.39, 0.29) is 29.2 Å². The van der Waals surface area contributed by atoms with E-state index < -0.39 is 0 Å². The average Bonchev–Trinajstić information content (AvgIpc) is 2.78. The largest absolute Gasteiger partial charge is 0.506 e. The van der Waals surface area contributed by atoms with Gasteiger partial charge in [-0.1, -0.05) is 6.07 Å². The maximum atomic E-state index is 12.6. The van der Waals surface area contributed by atoms with Crippen molar-refractivity contribution in [3.63, 3.8) is 0 Å². The first-order valence-electron chi connectivity index (χ1n) is 9.79. The molecular formula is C22H21N5O3. The molecule has 4 rings (SSSR count). The van der Waals surface area contributed by atoms with Crippen molar-refractivity contribution in [1.29, 1.82) is 5.26 Å². The summed E-state index contributed by atoms with van der Waals surface area (Å²) in [5, 5.41) is 19.2. The fraction of sp³-hybridized carbons (Fsp3) is 0.273. The second kappa shape index (κ2) is 8.25. The summed E-state index contributed by atoms with van der Waals surface area (Å²) >= 11 is 0. The van der Waals surface area contributed by atoms with E-state index >= 15 is 0 Å². The summed E-state index contributed by atoms with van der Waals surface area (Å²) in [6.07, 6.45) is 0.535. The van der Waals surface area contributed by atoms with E-state index in [1.54, 1.807) is 24.3 Å². The summed E-state index contributed by atoms with van der Waals surface area (Å²) in [7, 11) is 0. The van der Waals surface area contributed by atoms with Crippen molar-refractivity contribution in [2.75, 3.05) is 31.1 Å². The van der Waals surface area contributed by atoms with Gasteiger partial charge in [-0.15, -0.1) is 0 Å². The number of anilines is 1. The first-order chi connectivity index (χ1) is 14.5. The molecule has 2 N–H and O–H groups in total. The Morgan fingerprint density at radius 3 is 2.57 bits per heavy atom. The third kappa shape index (κ3) is 3.96. The molecular weight excluding hydrogens is 382 g/mol. The van der Waals surface area contributed by atoms with Gasteiger partial charge in [-0.05, 0) is 36.4 Å². The number of nitrogens with zero attached hydrogens (tertiary/aromatic N) is 4. The van der Waals surface area contributed by atoms with Gasteiger partial charge in [0.05, 0.1) is 17.0 Å². The van der Waals surface area contributed by atoms with Crippen molar-refractivity contribution < 1.29 is 9.90 Å². The minimum atomic E-state index is -0.325. The average molecular weight is 403 g/mol. The van der Waals surface area contributed by atoms with Crippen LogP contribution in [-0.2, 0) is 11.2 Å². The molecule has 0 radical (unpaired) electrons. The highest BCUT2D eigenvalue weighted by Crippen LogP contribution is 2.20. The van der Waals surface area contributed by atoms with E-state index in [9.17, 15) is 14.7 Å². The quantitative estimate of drug-likeness (QED) is 0.687. The molecule has 1 aliphatic heterocycles. The van der Waals surface area contributed by atoms with Crippen molar-refractivity contribution in [2.45, 2.75) is 12.8 Å². The minimum absolute atomic E-state index is 0.00880. The third-order valence-corrected chi connectivity index (χ3v) is 5.33. The van der Waals surface area contributed by atoms with Gasteiger partial charge in [0.25, 0.3) is 5.56 Å². The zero-order chi connectivity index (χ0) is 21.1. The molecule has 0 aliphatic carbocycles. The highest BCUT2D eigenvalue weighted by molar-refractivity contribution is 5.83. The zero-order valence-corrected chi connectivity index (χ0v) is 16.3. The fourth-order valence-electron chi connectivity index (χ4n) is 3.66. The Balaban J connectivity index is 1.35. The van der Waals surface area contributed by atoms with Gasteiger partial charge >= 0.3 is 0 Å². The molecule has 1 saturated heterocycles. The van der Waals surface area contributed by atoms with Gasteiger partial charge in [0, 0.05) is 44.7 Å². The molecule has 2 aromatic carbocycles. The van der Waals surface area contributed by atoms with Crippen molar-refractivity contribution in [3.8, 4) is 11.8 Å². The number of nitrogens with one attached hydrogen (secondary N) is 1. The maximum absolute atomic E-state index is 12.6. The molecule has 30 heavy (non-hydrogen) atoms. The van der Waals surface area contributed by atoms with Crippen LogP contribution in [-0.4, -0.2) is 52.1 Å². The van der Waals surface area contributed by atoms with E-state index in [1.165, 1.54) is 6.07 Å². The van der Waals surface area contributed by atoms with E-state index in [0.29, 0.717) is 36.3 Å². The smallest absolute Gasteiger partial charge is 0.258 e. The summed E-state index contributed by atoms with van der Waals surface area (Å²) in [6.45, 7) is 2.66. The Hall–Kier alpha value is -3.86. The molecule has 0 atom stereocenters. The number of aromatic amines is 1. The number of aromatic hydroxyl groups is 1. The second-order valence-electron chi connectivity index (χ2n) is 7.21. The highest BCUT2D eigenvalue weighted by atomic mass is 16.3. The summed E-state index contributed by atoms with van der Waals surface area (Å²) in [5.74, 6) is 0.346. The lowest BCUT2D eigenvalue weighted by molar-refractivity contribution is -0.131. The number of hydrogen-bond donors (Lipinski definition) is 2. The lowest BCUT2D eigenvalue weighted by Gasteiger charge is -2.36. The number of para-hydroxylation sites is 1. The van der Waals surface area contributed by atoms with Crippen LogP contribution in [0.4, 0.5) is 5.69 Å². The van der Waals surface area contributed by atoms with Gasteiger partial charge in [-0.25, -0.2) is 4.98 Å². The van der Waals surface area contributed by atoms with Crippen LogP contribution in [0.3, 0.4) is 0 Å². The van der Waals surface area contributed by atoms with Crippen LogP contribution in [0.25, 0.3) is 10.9 Å². The van der Waals surface area contributed by atoms with Crippen molar-refractivity contribution in [3.05, 3.63) is 64.2 Å². The highest BCUT2D eigenvalue weighted by Gasteiger charge is 2.21. The number of phenols is 1. The Morgan fingerprint density at radius 1 is 1.13 bits per heavy atom. The van der Waals surface area contributed by atoms with Gasteiger partial charge in [0.2, 0.25) is 5.91 Å². The fourth-order valence-corrected chi connectivity index (χ4v) is 3.66. The van der Waals surface area contributed by atoms with Crippen LogP contribution < -0.4 is 10.5 Å². The topological polar surface area (TPSA) is 113 Å². The lowest BCUT2D eigenvalue weighted by atomic mass is 10.2. The van der Waals surface area contributed by atoms with Crippen molar-refractivity contribution >= 4 is 22.5 Å². The van der Waals surface area contributed by atoms with Crippen LogP contribution in [0.5, 0.6) is 5.75 Å². The van der Waals surface area contributed by atoms with Crippen LogP contribution in [0.2, 0.25) is 0 Å². The molecule has 0 spiro atoms.